The van der Waals surface area contributed by atoms with Crippen molar-refractivity contribution >= 4 is 0 Å². The Morgan fingerprint density at radius 1 is 0.906 bits per heavy atom. The molecule has 0 radical (unpaired) electrons. The van der Waals surface area contributed by atoms with Gasteiger partial charge < -0.3 is 14.6 Å². The zero-order chi connectivity index (χ0) is 24.1. The van der Waals surface area contributed by atoms with Crippen molar-refractivity contribution < 1.29 is 19.0 Å². The third-order valence-electron chi connectivity index (χ3n) is 5.85. The van der Waals surface area contributed by atoms with Crippen molar-refractivity contribution in [1.82, 2.24) is 4.90 Å². The zero-order valence-corrected chi connectivity index (χ0v) is 21.0. The van der Waals surface area contributed by atoms with Gasteiger partial charge in [-0.15, -0.1) is 0 Å². The predicted molar refractivity (Wildman–Crippen MR) is 131 cm³/mol. The summed E-state index contributed by atoms with van der Waals surface area (Å²) in [6.07, 6.45) is 1.30. The van der Waals surface area contributed by atoms with Gasteiger partial charge in [0.2, 0.25) is 0 Å². The molecule has 1 saturated heterocycles. The lowest BCUT2D eigenvalue weighted by atomic mass is 9.84. The molecule has 0 bridgehead atoms. The number of benzene rings is 2. The van der Waals surface area contributed by atoms with Gasteiger partial charge in [-0.25, -0.2) is 4.39 Å². The fourth-order valence-corrected chi connectivity index (χ4v) is 3.79. The molecule has 0 atom stereocenters. The van der Waals surface area contributed by atoms with Gasteiger partial charge in [-0.05, 0) is 67.1 Å². The van der Waals surface area contributed by atoms with Gasteiger partial charge in [-0.3, -0.25) is 4.90 Å². The van der Waals surface area contributed by atoms with Gasteiger partial charge in [-0.2, -0.15) is 0 Å². The van der Waals surface area contributed by atoms with E-state index in [0.717, 1.165) is 36.5 Å². The summed E-state index contributed by atoms with van der Waals surface area (Å²) in [6.45, 7) is 15.8. The van der Waals surface area contributed by atoms with Crippen molar-refractivity contribution in [3.63, 3.8) is 0 Å². The predicted octanol–water partition coefficient (Wildman–Crippen LogP) is 6.00. The topological polar surface area (TPSA) is 41.9 Å². The molecule has 1 aliphatic heterocycles. The van der Waals surface area contributed by atoms with Crippen LogP contribution in [0.25, 0.3) is 0 Å². The summed E-state index contributed by atoms with van der Waals surface area (Å²) in [5.74, 6) is 0.632. The molecule has 1 aliphatic rings. The average molecular weight is 448 g/mol. The molecule has 5 heteroatoms. The van der Waals surface area contributed by atoms with E-state index in [0.29, 0.717) is 26.1 Å². The lowest BCUT2D eigenvalue weighted by Crippen LogP contribution is -2.42. The number of hydrogen-bond donors (Lipinski definition) is 1. The van der Waals surface area contributed by atoms with Crippen molar-refractivity contribution in [3.8, 4) is 5.75 Å². The molecular weight excluding hydrogens is 405 g/mol. The van der Waals surface area contributed by atoms with Crippen LogP contribution in [0.2, 0.25) is 0 Å². The normalized spacial score (nSPS) is 15.2. The van der Waals surface area contributed by atoms with Crippen LogP contribution in [0.5, 0.6) is 5.75 Å². The van der Waals surface area contributed by atoms with Crippen LogP contribution in [0.15, 0.2) is 36.4 Å². The Morgan fingerprint density at radius 3 is 2.06 bits per heavy atom. The number of halogens is 1. The van der Waals surface area contributed by atoms with Crippen LogP contribution >= 0.6 is 0 Å². The third kappa shape index (κ3) is 7.58. The molecule has 2 aromatic rings. The number of rotatable bonds is 7. The van der Waals surface area contributed by atoms with Crippen molar-refractivity contribution in [1.29, 1.82) is 0 Å². The monoisotopic (exact) mass is 447 g/mol. The van der Waals surface area contributed by atoms with Crippen molar-refractivity contribution in [2.75, 3.05) is 33.4 Å². The summed E-state index contributed by atoms with van der Waals surface area (Å²) >= 11 is 0. The fourth-order valence-electron chi connectivity index (χ4n) is 3.79. The maximum Gasteiger partial charge on any atom is 0.123 e. The van der Waals surface area contributed by atoms with Gasteiger partial charge >= 0.3 is 0 Å². The minimum atomic E-state index is -0.867. The number of likely N-dealkylation sites (tertiary alicyclic amines) is 1. The van der Waals surface area contributed by atoms with Gasteiger partial charge in [0.05, 0.1) is 12.2 Å². The number of hydrogen-bond acceptors (Lipinski definition) is 4. The molecule has 1 heterocycles. The van der Waals surface area contributed by atoms with Crippen LogP contribution in [0.1, 0.15) is 62.8 Å². The molecule has 1 N–H and O–H groups in total. The molecule has 0 amide bonds. The van der Waals surface area contributed by atoms with Gasteiger partial charge in [0.25, 0.3) is 0 Å². The molecular formula is C27H42FNO3. The van der Waals surface area contributed by atoms with Crippen LogP contribution in [-0.2, 0) is 16.9 Å². The standard InChI is InChI=1S/C23H30FNO3.2C2H6/c1-17-18(2)22(28-15-14-27-3)9-4-19(17)16-25-12-10-23(26,11-13-25)20-5-7-21(24)8-6-20;2*1-2/h4-9,26H,10-16H2,1-3H3;2*1-2H3. The number of nitrogens with zero attached hydrogens (tertiary/aromatic N) is 1. The largest absolute Gasteiger partial charge is 0.491 e. The van der Waals surface area contributed by atoms with Gasteiger partial charge in [0.1, 0.15) is 18.2 Å². The SMILES string of the molecule is CC.CC.COCCOc1ccc(CN2CCC(O)(c3ccc(F)cc3)CC2)c(C)c1C. The smallest absolute Gasteiger partial charge is 0.123 e. The van der Waals surface area contributed by atoms with E-state index in [1.54, 1.807) is 19.2 Å². The van der Waals surface area contributed by atoms with Crippen LogP contribution in [0.3, 0.4) is 0 Å². The molecule has 3 rings (SSSR count). The molecule has 1 fully saturated rings. The van der Waals surface area contributed by atoms with E-state index in [4.69, 9.17) is 9.47 Å². The van der Waals surface area contributed by atoms with E-state index in [9.17, 15) is 9.50 Å². The first-order chi connectivity index (χ1) is 15.4. The summed E-state index contributed by atoms with van der Waals surface area (Å²) in [7, 11) is 1.67. The van der Waals surface area contributed by atoms with Gasteiger partial charge in [-0.1, -0.05) is 45.9 Å². The van der Waals surface area contributed by atoms with E-state index in [1.165, 1.54) is 23.3 Å². The van der Waals surface area contributed by atoms with E-state index in [2.05, 4.69) is 24.8 Å². The highest BCUT2D eigenvalue weighted by molar-refractivity contribution is 5.43. The lowest BCUT2D eigenvalue weighted by molar-refractivity contribution is -0.0278. The average Bonchev–Trinajstić information content (AvgIpc) is 2.83. The first-order valence-electron chi connectivity index (χ1n) is 11.8. The van der Waals surface area contributed by atoms with Crippen molar-refractivity contribution in [2.45, 2.75) is 66.5 Å². The molecule has 0 aliphatic carbocycles. The highest BCUT2D eigenvalue weighted by Crippen LogP contribution is 2.34. The summed E-state index contributed by atoms with van der Waals surface area (Å²) in [5, 5.41) is 11.0. The molecule has 180 valence electrons. The highest BCUT2D eigenvalue weighted by atomic mass is 19.1. The third-order valence-corrected chi connectivity index (χ3v) is 5.85. The van der Waals surface area contributed by atoms with E-state index in [1.807, 2.05) is 33.8 Å². The van der Waals surface area contributed by atoms with E-state index < -0.39 is 5.60 Å². The second-order valence-electron chi connectivity index (χ2n) is 7.63. The zero-order valence-electron chi connectivity index (χ0n) is 21.0. The first kappa shape index (κ1) is 28.1. The molecule has 0 saturated carbocycles. The number of aliphatic hydroxyl groups is 1. The quantitative estimate of drug-likeness (QED) is 0.528. The summed E-state index contributed by atoms with van der Waals surface area (Å²) in [5.41, 5.74) is 3.62. The van der Waals surface area contributed by atoms with Gasteiger partial charge in [0, 0.05) is 26.7 Å². The molecule has 2 aromatic carbocycles. The lowest BCUT2D eigenvalue weighted by Gasteiger charge is -2.38. The Kier molecular flexibility index (Phi) is 12.5. The summed E-state index contributed by atoms with van der Waals surface area (Å²) < 4.78 is 24.0. The van der Waals surface area contributed by atoms with E-state index in [-0.39, 0.29) is 5.82 Å². The molecule has 0 spiro atoms. The second-order valence-corrected chi connectivity index (χ2v) is 7.63. The Morgan fingerprint density at radius 2 is 1.50 bits per heavy atom. The maximum absolute atomic E-state index is 13.2. The van der Waals surface area contributed by atoms with Crippen molar-refractivity contribution in [3.05, 3.63) is 64.5 Å². The maximum atomic E-state index is 13.2. The minimum absolute atomic E-state index is 0.273. The van der Waals surface area contributed by atoms with Crippen LogP contribution in [-0.4, -0.2) is 43.4 Å². The first-order valence-corrected chi connectivity index (χ1v) is 11.8. The Labute approximate surface area is 194 Å². The number of ether oxygens (including phenoxy) is 2. The molecule has 0 aromatic heterocycles. The number of piperidine rings is 1. The van der Waals surface area contributed by atoms with Crippen molar-refractivity contribution in [2.24, 2.45) is 0 Å². The Balaban J connectivity index is 0.00000121. The highest BCUT2D eigenvalue weighted by Gasteiger charge is 2.34. The Bertz CT molecular complexity index is 784. The fraction of sp³-hybridized carbons (Fsp3) is 0.556. The molecule has 0 unspecified atom stereocenters. The summed E-state index contributed by atoms with van der Waals surface area (Å²) in [6, 6.07) is 10.4. The van der Waals surface area contributed by atoms with Crippen LogP contribution < -0.4 is 4.74 Å². The second kappa shape index (κ2) is 14.2. The van der Waals surface area contributed by atoms with Crippen LogP contribution in [0, 0.1) is 19.7 Å². The van der Waals surface area contributed by atoms with Gasteiger partial charge in [0.15, 0.2) is 0 Å². The van der Waals surface area contributed by atoms with E-state index >= 15 is 0 Å². The Hall–Kier alpha value is -1.95. The van der Waals surface area contributed by atoms with Crippen LogP contribution in [0.4, 0.5) is 4.39 Å². The summed E-state index contributed by atoms with van der Waals surface area (Å²) in [4.78, 5) is 2.37. The minimum Gasteiger partial charge on any atom is -0.491 e. The number of methoxy groups -OCH3 is 1. The molecule has 4 nitrogen and oxygen atoms in total. The molecule has 32 heavy (non-hydrogen) atoms.